The molecule has 9 heteroatoms. The van der Waals surface area contributed by atoms with Crippen molar-refractivity contribution in [2.45, 2.75) is 57.4 Å². The molecule has 0 aliphatic carbocycles. The Morgan fingerprint density at radius 3 is 2.50 bits per heavy atom. The monoisotopic (exact) mass is 621 g/mol. The Balaban J connectivity index is 1.47. The number of piperidine rings is 1. The van der Waals surface area contributed by atoms with Gasteiger partial charge in [0.25, 0.3) is 0 Å². The average molecular weight is 623 g/mol. The molecule has 0 aromatic heterocycles. The Labute approximate surface area is 249 Å². The molecule has 7 nitrogen and oxygen atoms in total. The molecule has 208 valence electrons. The predicted molar refractivity (Wildman–Crippen MR) is 163 cm³/mol. The molecule has 0 spiro atoms. The number of benzene rings is 3. The van der Waals surface area contributed by atoms with E-state index in [0.29, 0.717) is 18.0 Å². The van der Waals surface area contributed by atoms with E-state index in [-0.39, 0.29) is 23.9 Å². The van der Waals surface area contributed by atoms with Gasteiger partial charge in [-0.25, -0.2) is 0 Å². The van der Waals surface area contributed by atoms with Gasteiger partial charge in [-0.15, -0.1) is 5.10 Å². The quantitative estimate of drug-likeness (QED) is 0.261. The molecule has 0 saturated carbocycles. The predicted octanol–water partition coefficient (Wildman–Crippen LogP) is 7.52. The highest BCUT2D eigenvalue weighted by atomic mass is 79.9. The van der Waals surface area contributed by atoms with Gasteiger partial charge < -0.3 is 9.64 Å². The van der Waals surface area contributed by atoms with Crippen LogP contribution in [0, 0.1) is 5.92 Å². The van der Waals surface area contributed by atoms with E-state index >= 15 is 0 Å². The van der Waals surface area contributed by atoms with Crippen LogP contribution < -0.4 is 9.64 Å². The molecule has 4 unspecified atom stereocenters. The van der Waals surface area contributed by atoms with E-state index in [1.54, 1.807) is 7.11 Å². The largest absolute Gasteiger partial charge is 0.497 e. The second kappa shape index (κ2) is 12.2. The zero-order valence-electron chi connectivity index (χ0n) is 22.9. The van der Waals surface area contributed by atoms with Crippen LogP contribution in [0.25, 0.3) is 0 Å². The van der Waals surface area contributed by atoms with Gasteiger partial charge in [-0.2, -0.15) is 5.11 Å². The van der Waals surface area contributed by atoms with E-state index in [0.717, 1.165) is 34.4 Å². The van der Waals surface area contributed by atoms with Crippen molar-refractivity contribution in [2.24, 2.45) is 21.4 Å². The number of carbonyl (C=O) groups is 1. The van der Waals surface area contributed by atoms with E-state index in [9.17, 15) is 4.79 Å². The summed E-state index contributed by atoms with van der Waals surface area (Å²) in [6.07, 6.45) is 3.19. The summed E-state index contributed by atoms with van der Waals surface area (Å²) in [7, 11) is 1.65. The third-order valence-electron chi connectivity index (χ3n) is 7.93. The van der Waals surface area contributed by atoms with Crippen molar-refractivity contribution in [3.63, 3.8) is 0 Å². The molecule has 0 N–H and O–H groups in total. The molecule has 1 amide bonds. The van der Waals surface area contributed by atoms with Crippen molar-refractivity contribution in [3.05, 3.63) is 93.4 Å². The number of anilines is 1. The lowest BCUT2D eigenvalue weighted by atomic mass is 9.77. The second-order valence-electron chi connectivity index (χ2n) is 10.7. The zero-order valence-corrected chi connectivity index (χ0v) is 25.2. The van der Waals surface area contributed by atoms with E-state index < -0.39 is 5.54 Å². The lowest BCUT2D eigenvalue weighted by Gasteiger charge is -2.48. The maximum atomic E-state index is 14.5. The van der Waals surface area contributed by atoms with Crippen LogP contribution >= 0.6 is 27.5 Å². The van der Waals surface area contributed by atoms with Gasteiger partial charge in [-0.3, -0.25) is 9.69 Å². The average Bonchev–Trinajstić information content (AvgIpc) is 3.41. The summed E-state index contributed by atoms with van der Waals surface area (Å²) in [5.41, 5.74) is 2.41. The molecule has 1 fully saturated rings. The molecule has 2 aliphatic heterocycles. The van der Waals surface area contributed by atoms with Gasteiger partial charge in [0.15, 0.2) is 0 Å². The molecular formula is C31H33BrClN5O2. The number of nitrogens with zero attached hydrogens (tertiary/aromatic N) is 5. The molecule has 0 radical (unpaired) electrons. The Hall–Kier alpha value is -3.07. The molecule has 3 aromatic rings. The number of hydrogen-bond donors (Lipinski definition) is 0. The minimum Gasteiger partial charge on any atom is -0.497 e. The first kappa shape index (κ1) is 28.5. The molecular weight excluding hydrogens is 590 g/mol. The molecule has 1 saturated heterocycles. The lowest BCUT2D eigenvalue weighted by molar-refractivity contribution is -0.126. The third kappa shape index (κ3) is 6.14. The van der Waals surface area contributed by atoms with Gasteiger partial charge in [0.05, 0.1) is 25.6 Å². The smallest absolute Gasteiger partial charge is 0.230 e. The standard InChI is InChI=1S/C31H33BrClN5O2/c1-21-15-24(16-29(31(2)20-34-36-35-31)37(21)18-22-7-5-4-6-8-22)30(39)38(28-14-11-25(33)17-27(28)32)19-23-9-12-26(40-3)13-10-23/h4-14,17,20-21,24,29H,15-16,18-19H2,1-3H3. The first-order chi connectivity index (χ1) is 19.3. The number of amides is 1. The second-order valence-corrected chi connectivity index (χ2v) is 12.0. The normalized spacial score (nSPS) is 24.3. The SMILES string of the molecule is COc1ccc(CN(C(=O)C2CC(C)N(Cc3ccccc3)C(C3(C)C=NN=N3)C2)c2ccc(Cl)cc2Br)cc1. The summed E-state index contributed by atoms with van der Waals surface area (Å²) >= 11 is 9.93. The highest BCUT2D eigenvalue weighted by Crippen LogP contribution is 2.40. The Bertz CT molecular complexity index is 1390. The fraction of sp³-hybridized carbons (Fsp3) is 0.355. The van der Waals surface area contributed by atoms with Crippen LogP contribution in [-0.4, -0.2) is 41.8 Å². The summed E-state index contributed by atoms with van der Waals surface area (Å²) in [5.74, 6) is 0.636. The Kier molecular flexibility index (Phi) is 8.68. The van der Waals surface area contributed by atoms with Crippen LogP contribution in [-0.2, 0) is 17.9 Å². The van der Waals surface area contributed by atoms with E-state index in [1.165, 1.54) is 5.56 Å². The van der Waals surface area contributed by atoms with Gasteiger partial charge in [-0.05, 0) is 89.3 Å². The van der Waals surface area contributed by atoms with Crippen LogP contribution in [0.1, 0.15) is 37.8 Å². The van der Waals surface area contributed by atoms with Crippen LogP contribution in [0.4, 0.5) is 5.69 Å². The molecule has 40 heavy (non-hydrogen) atoms. The van der Waals surface area contributed by atoms with Gasteiger partial charge in [-0.1, -0.05) is 54.1 Å². The molecule has 0 bridgehead atoms. The van der Waals surface area contributed by atoms with Gasteiger partial charge in [0, 0.05) is 34.0 Å². The Morgan fingerprint density at radius 1 is 1.10 bits per heavy atom. The van der Waals surface area contributed by atoms with E-state index in [4.69, 9.17) is 16.3 Å². The molecule has 3 aromatic carbocycles. The van der Waals surface area contributed by atoms with Crippen LogP contribution in [0.15, 0.2) is 92.7 Å². The molecule has 2 heterocycles. The Morgan fingerprint density at radius 2 is 1.85 bits per heavy atom. The van der Waals surface area contributed by atoms with Crippen molar-refractivity contribution < 1.29 is 9.53 Å². The lowest BCUT2D eigenvalue weighted by Crippen LogP contribution is -2.59. The number of halogens is 2. The fourth-order valence-corrected chi connectivity index (χ4v) is 6.65. The highest BCUT2D eigenvalue weighted by molar-refractivity contribution is 9.10. The number of methoxy groups -OCH3 is 1. The van der Waals surface area contributed by atoms with Crippen LogP contribution in [0.5, 0.6) is 5.75 Å². The summed E-state index contributed by atoms with van der Waals surface area (Å²) < 4.78 is 6.11. The molecule has 4 atom stereocenters. The number of hydrogen-bond acceptors (Lipinski definition) is 6. The topological polar surface area (TPSA) is 69.9 Å². The van der Waals surface area contributed by atoms with E-state index in [1.807, 2.05) is 59.6 Å². The van der Waals surface area contributed by atoms with Crippen molar-refractivity contribution in [1.29, 1.82) is 0 Å². The maximum Gasteiger partial charge on any atom is 0.230 e. The zero-order chi connectivity index (χ0) is 28.3. The molecule has 2 aliphatic rings. The molecule has 5 rings (SSSR count). The van der Waals surface area contributed by atoms with Gasteiger partial charge in [0.2, 0.25) is 5.91 Å². The first-order valence-corrected chi connectivity index (χ1v) is 14.6. The highest BCUT2D eigenvalue weighted by Gasteiger charge is 2.47. The summed E-state index contributed by atoms with van der Waals surface area (Å²) in [5, 5.41) is 13.2. The summed E-state index contributed by atoms with van der Waals surface area (Å²) in [4.78, 5) is 18.8. The van der Waals surface area contributed by atoms with E-state index in [2.05, 4.69) is 74.4 Å². The fourth-order valence-electron chi connectivity index (χ4n) is 5.75. The van der Waals surface area contributed by atoms with Crippen LogP contribution in [0.2, 0.25) is 5.02 Å². The van der Waals surface area contributed by atoms with Crippen molar-refractivity contribution in [2.75, 3.05) is 12.0 Å². The van der Waals surface area contributed by atoms with Crippen molar-refractivity contribution >= 4 is 45.3 Å². The third-order valence-corrected chi connectivity index (χ3v) is 8.80. The number of ether oxygens (including phenoxy) is 1. The van der Waals surface area contributed by atoms with Crippen molar-refractivity contribution in [3.8, 4) is 5.75 Å². The van der Waals surface area contributed by atoms with Crippen LogP contribution in [0.3, 0.4) is 0 Å². The minimum atomic E-state index is -0.607. The van der Waals surface area contributed by atoms with Gasteiger partial charge in [0.1, 0.15) is 11.3 Å². The maximum absolute atomic E-state index is 14.5. The number of rotatable bonds is 8. The van der Waals surface area contributed by atoms with Gasteiger partial charge >= 0.3 is 0 Å². The summed E-state index contributed by atoms with van der Waals surface area (Å²) in [6, 6.07) is 23.9. The number of likely N-dealkylation sites (tertiary alicyclic amines) is 1. The first-order valence-electron chi connectivity index (χ1n) is 13.4. The number of carbonyl (C=O) groups excluding carboxylic acids is 1. The summed E-state index contributed by atoms with van der Waals surface area (Å²) in [6.45, 7) is 5.45. The minimum absolute atomic E-state index is 0.0445. The van der Waals surface area contributed by atoms with Crippen molar-refractivity contribution in [1.82, 2.24) is 4.90 Å².